The zero-order chi connectivity index (χ0) is 17.4. The molecule has 4 rings (SSSR count). The largest absolute Gasteiger partial charge is 0.369 e. The second-order valence-corrected chi connectivity index (χ2v) is 6.98. The third-order valence-electron chi connectivity index (χ3n) is 4.95. The average molecular weight is 329 g/mol. The van der Waals surface area contributed by atoms with Crippen LogP contribution in [0.25, 0.3) is 10.8 Å². The van der Waals surface area contributed by atoms with Gasteiger partial charge in [-0.3, -0.25) is 0 Å². The van der Waals surface area contributed by atoms with Crippen molar-refractivity contribution in [2.24, 2.45) is 10.7 Å². The van der Waals surface area contributed by atoms with E-state index in [1.807, 2.05) is 0 Å². The predicted molar refractivity (Wildman–Crippen MR) is 107 cm³/mol. The van der Waals surface area contributed by atoms with Gasteiger partial charge in [0.1, 0.15) is 0 Å². The molecule has 3 aromatic carbocycles. The van der Waals surface area contributed by atoms with Gasteiger partial charge in [0.05, 0.1) is 5.69 Å². The lowest BCUT2D eigenvalue weighted by molar-refractivity contribution is 0.867. The maximum atomic E-state index is 6.16. The molecule has 1 aliphatic rings. The fourth-order valence-corrected chi connectivity index (χ4v) is 3.61. The molecule has 3 heteroatoms. The van der Waals surface area contributed by atoms with E-state index in [0.717, 1.165) is 24.2 Å². The topological polar surface area (TPSA) is 50.4 Å². The number of nitrogens with one attached hydrogen (secondary N) is 1. The van der Waals surface area contributed by atoms with Gasteiger partial charge in [-0.15, -0.1) is 0 Å². The van der Waals surface area contributed by atoms with Crippen LogP contribution >= 0.6 is 0 Å². The Bertz CT molecular complexity index is 953. The fraction of sp³-hybridized carbons (Fsp3) is 0.227. The van der Waals surface area contributed by atoms with Crippen LogP contribution in [-0.2, 0) is 12.8 Å². The summed E-state index contributed by atoms with van der Waals surface area (Å²) in [5.74, 6) is 0.952. The summed E-state index contributed by atoms with van der Waals surface area (Å²) in [4.78, 5) is 4.65. The molecule has 0 saturated heterocycles. The molecule has 3 N–H and O–H groups in total. The van der Waals surface area contributed by atoms with E-state index in [1.165, 1.54) is 27.5 Å². The molecule has 0 aromatic heterocycles. The van der Waals surface area contributed by atoms with Gasteiger partial charge in [-0.05, 0) is 64.4 Å². The molecule has 0 aliphatic heterocycles. The first-order chi connectivity index (χ1) is 12.1. The lowest BCUT2D eigenvalue weighted by atomic mass is 10.0. The Morgan fingerprint density at radius 3 is 2.56 bits per heavy atom. The van der Waals surface area contributed by atoms with Crippen LogP contribution in [0.2, 0.25) is 0 Å². The minimum atomic E-state index is 0.428. The fourth-order valence-electron chi connectivity index (χ4n) is 3.61. The molecule has 3 nitrogen and oxygen atoms in total. The van der Waals surface area contributed by atoms with Crippen LogP contribution in [0.1, 0.15) is 36.5 Å². The Hall–Kier alpha value is -2.81. The molecule has 0 amide bonds. The van der Waals surface area contributed by atoms with Crippen LogP contribution < -0.4 is 11.1 Å². The Morgan fingerprint density at radius 1 is 1.00 bits per heavy atom. The predicted octanol–water partition coefficient (Wildman–Crippen LogP) is 5.12. The number of rotatable bonds is 3. The zero-order valence-corrected chi connectivity index (χ0v) is 14.7. The van der Waals surface area contributed by atoms with Crippen molar-refractivity contribution < 1.29 is 0 Å². The number of hydrogen-bond donors (Lipinski definition) is 2. The first kappa shape index (κ1) is 15.7. The van der Waals surface area contributed by atoms with E-state index in [9.17, 15) is 0 Å². The van der Waals surface area contributed by atoms with Gasteiger partial charge in [0, 0.05) is 5.69 Å². The van der Waals surface area contributed by atoms with Crippen molar-refractivity contribution in [3.63, 3.8) is 0 Å². The third kappa shape index (κ3) is 2.98. The maximum Gasteiger partial charge on any atom is 0.198 e. The van der Waals surface area contributed by atoms with Gasteiger partial charge in [0.15, 0.2) is 5.96 Å². The Morgan fingerprint density at radius 2 is 1.80 bits per heavy atom. The summed E-state index contributed by atoms with van der Waals surface area (Å²) >= 11 is 0. The quantitative estimate of drug-likeness (QED) is 0.517. The normalized spacial score (nSPS) is 13.6. The minimum absolute atomic E-state index is 0.428. The molecule has 0 bridgehead atoms. The van der Waals surface area contributed by atoms with Gasteiger partial charge < -0.3 is 11.1 Å². The summed E-state index contributed by atoms with van der Waals surface area (Å²) in [6.07, 6.45) is 2.12. The minimum Gasteiger partial charge on any atom is -0.369 e. The molecule has 0 fully saturated rings. The molecule has 1 aliphatic carbocycles. The van der Waals surface area contributed by atoms with Crippen molar-refractivity contribution in [3.05, 3.63) is 71.3 Å². The van der Waals surface area contributed by atoms with E-state index in [2.05, 4.69) is 78.8 Å². The highest BCUT2D eigenvalue weighted by Gasteiger charge is 2.17. The molecule has 0 heterocycles. The van der Waals surface area contributed by atoms with Gasteiger partial charge in [0.25, 0.3) is 0 Å². The second kappa shape index (κ2) is 6.25. The van der Waals surface area contributed by atoms with Crippen molar-refractivity contribution in [3.8, 4) is 0 Å². The molecule has 0 spiro atoms. The lowest BCUT2D eigenvalue weighted by Crippen LogP contribution is -2.22. The molecule has 0 unspecified atom stereocenters. The summed E-state index contributed by atoms with van der Waals surface area (Å²) in [5.41, 5.74) is 12.1. The van der Waals surface area contributed by atoms with Crippen molar-refractivity contribution in [2.75, 3.05) is 5.32 Å². The number of aryl methyl sites for hydroxylation is 2. The van der Waals surface area contributed by atoms with Crippen LogP contribution in [-0.4, -0.2) is 5.96 Å². The number of nitrogens with zero attached hydrogens (tertiary/aromatic N) is 1. The van der Waals surface area contributed by atoms with Crippen LogP contribution in [0, 0.1) is 0 Å². The Kier molecular flexibility index (Phi) is 3.92. The third-order valence-corrected chi connectivity index (χ3v) is 4.95. The van der Waals surface area contributed by atoms with E-state index in [4.69, 9.17) is 5.73 Å². The first-order valence-electron chi connectivity index (χ1n) is 8.86. The number of benzene rings is 3. The molecule has 0 saturated carbocycles. The van der Waals surface area contributed by atoms with Gasteiger partial charge in [-0.1, -0.05) is 50.2 Å². The van der Waals surface area contributed by atoms with Crippen molar-refractivity contribution in [1.29, 1.82) is 0 Å². The van der Waals surface area contributed by atoms with Crippen LogP contribution in [0.4, 0.5) is 11.4 Å². The summed E-state index contributed by atoms with van der Waals surface area (Å²) in [7, 11) is 0. The number of anilines is 1. The van der Waals surface area contributed by atoms with Gasteiger partial charge >= 0.3 is 0 Å². The standard InChI is InChI=1S/C22H23N3/c1-14(2)15-6-10-18(11-7-15)24-22(23)25-20-13-9-17-5-3-4-16-8-12-19(20)21(16)17/h3-7,9-11,13-14H,8,12H2,1-2H3,(H3,23,24,25). The molecule has 25 heavy (non-hydrogen) atoms. The highest BCUT2D eigenvalue weighted by molar-refractivity contribution is 5.98. The molecule has 0 atom stereocenters. The molecule has 3 aromatic rings. The molecule has 126 valence electrons. The van der Waals surface area contributed by atoms with E-state index in [1.54, 1.807) is 0 Å². The van der Waals surface area contributed by atoms with E-state index < -0.39 is 0 Å². The monoisotopic (exact) mass is 329 g/mol. The summed E-state index contributed by atoms with van der Waals surface area (Å²) in [5, 5.41) is 5.85. The average Bonchev–Trinajstić information content (AvgIpc) is 3.04. The highest BCUT2D eigenvalue weighted by atomic mass is 15.1. The SMILES string of the molecule is CC(C)c1ccc(NC(N)=Nc2ccc3cccc4c3c2CC4)cc1. The zero-order valence-electron chi connectivity index (χ0n) is 14.7. The van der Waals surface area contributed by atoms with E-state index in [-0.39, 0.29) is 0 Å². The van der Waals surface area contributed by atoms with Crippen molar-refractivity contribution in [2.45, 2.75) is 32.6 Å². The second-order valence-electron chi connectivity index (χ2n) is 6.98. The summed E-state index contributed by atoms with van der Waals surface area (Å²) < 4.78 is 0. The number of aliphatic imine (C=N–C) groups is 1. The summed E-state index contributed by atoms with van der Waals surface area (Å²) in [6, 6.07) is 19.1. The number of nitrogens with two attached hydrogens (primary N) is 1. The van der Waals surface area contributed by atoms with E-state index >= 15 is 0 Å². The number of guanidine groups is 1. The molecular formula is C22H23N3. The van der Waals surface area contributed by atoms with Crippen molar-refractivity contribution in [1.82, 2.24) is 0 Å². The van der Waals surface area contributed by atoms with Gasteiger partial charge in [0.2, 0.25) is 0 Å². The first-order valence-corrected chi connectivity index (χ1v) is 8.86. The molecular weight excluding hydrogens is 306 g/mol. The molecule has 0 radical (unpaired) electrons. The lowest BCUT2D eigenvalue weighted by Gasteiger charge is -2.10. The smallest absolute Gasteiger partial charge is 0.198 e. The van der Waals surface area contributed by atoms with Crippen molar-refractivity contribution >= 4 is 28.1 Å². The summed E-state index contributed by atoms with van der Waals surface area (Å²) in [6.45, 7) is 4.38. The van der Waals surface area contributed by atoms with Gasteiger partial charge in [-0.2, -0.15) is 0 Å². The number of hydrogen-bond acceptors (Lipinski definition) is 1. The van der Waals surface area contributed by atoms with Crippen LogP contribution in [0.15, 0.2) is 59.6 Å². The van der Waals surface area contributed by atoms with E-state index in [0.29, 0.717) is 11.9 Å². The maximum absolute atomic E-state index is 6.16. The Balaban J connectivity index is 1.62. The highest BCUT2D eigenvalue weighted by Crippen LogP contribution is 2.36. The van der Waals surface area contributed by atoms with Crippen LogP contribution in [0.5, 0.6) is 0 Å². The Labute approximate surface area is 148 Å². The van der Waals surface area contributed by atoms with Gasteiger partial charge in [-0.25, -0.2) is 4.99 Å². The van der Waals surface area contributed by atoms with Crippen LogP contribution in [0.3, 0.4) is 0 Å².